The fourth-order valence-corrected chi connectivity index (χ4v) is 17.6. The lowest BCUT2D eigenvalue weighted by Crippen LogP contribution is -2.66. The van der Waals surface area contributed by atoms with Crippen LogP contribution in [-0.4, -0.2) is 263 Å². The molecule has 10 aliphatic rings. The zero-order chi connectivity index (χ0) is 62.0. The van der Waals surface area contributed by atoms with Crippen LogP contribution in [-0.2, 0) is 52.2 Å². The van der Waals surface area contributed by atoms with E-state index in [1.807, 2.05) is 0 Å². The first-order valence-electron chi connectivity index (χ1n) is 30.6. The summed E-state index contributed by atoms with van der Waals surface area (Å²) in [5, 5.41) is 161. The van der Waals surface area contributed by atoms with Gasteiger partial charge in [-0.3, -0.25) is 4.79 Å². The third kappa shape index (κ3) is 11.2. The largest absolute Gasteiger partial charge is 0.432 e. The van der Waals surface area contributed by atoms with E-state index in [9.17, 15) is 76.6 Å². The van der Waals surface area contributed by atoms with Gasteiger partial charge in [0.15, 0.2) is 25.2 Å². The minimum Gasteiger partial charge on any atom is -0.432 e. The Labute approximate surface area is 494 Å². The third-order valence-electron chi connectivity index (χ3n) is 23.1. The number of aliphatic hydroxyl groups excluding tert-OH is 15. The number of aliphatic hydroxyl groups is 15. The molecular weight excluding hydrogens is 1120 g/mol. The van der Waals surface area contributed by atoms with Crippen molar-refractivity contribution in [2.75, 3.05) is 26.4 Å². The number of ether oxygens (including phenoxy) is 10. The van der Waals surface area contributed by atoms with E-state index in [2.05, 4.69) is 54.5 Å². The highest BCUT2D eigenvalue weighted by Crippen LogP contribution is 2.76. The van der Waals surface area contributed by atoms with E-state index in [1.54, 1.807) is 0 Å². The van der Waals surface area contributed by atoms with Crippen LogP contribution in [0.3, 0.4) is 0 Å². The average molecular weight is 1220 g/mol. The van der Waals surface area contributed by atoms with Gasteiger partial charge in [-0.05, 0) is 116 Å². The lowest BCUT2D eigenvalue weighted by atomic mass is 9.33. The number of allylic oxidation sites excluding steroid dienone is 2. The molecule has 0 radical (unpaired) electrons. The van der Waals surface area contributed by atoms with Gasteiger partial charge in [0.2, 0.25) is 6.29 Å². The van der Waals surface area contributed by atoms with Crippen LogP contribution in [0.2, 0.25) is 0 Å². The van der Waals surface area contributed by atoms with E-state index >= 15 is 4.79 Å². The van der Waals surface area contributed by atoms with E-state index < -0.39 is 190 Å². The number of rotatable bonds is 13. The molecule has 32 atom stereocenters. The van der Waals surface area contributed by atoms with Crippen LogP contribution in [0, 0.1) is 50.2 Å². The van der Waals surface area contributed by atoms with Crippen LogP contribution in [0.25, 0.3) is 0 Å². The van der Waals surface area contributed by atoms with Crippen molar-refractivity contribution in [1.29, 1.82) is 0 Å². The van der Waals surface area contributed by atoms with Crippen LogP contribution >= 0.6 is 0 Å². The van der Waals surface area contributed by atoms with Crippen molar-refractivity contribution in [1.82, 2.24) is 0 Å². The summed E-state index contributed by atoms with van der Waals surface area (Å²) >= 11 is 0. The first kappa shape index (κ1) is 66.2. The van der Waals surface area contributed by atoms with E-state index in [-0.39, 0.29) is 46.0 Å². The fraction of sp³-hybridized carbons (Fsp3) is 0.949. The van der Waals surface area contributed by atoms with Crippen LogP contribution in [0.15, 0.2) is 11.6 Å². The fourth-order valence-electron chi connectivity index (χ4n) is 17.6. The maximum Gasteiger partial charge on any atom is 0.315 e. The Morgan fingerprint density at radius 2 is 1.13 bits per heavy atom. The molecule has 5 saturated heterocycles. The van der Waals surface area contributed by atoms with Crippen molar-refractivity contribution in [3.8, 4) is 0 Å². The van der Waals surface area contributed by atoms with Crippen molar-refractivity contribution < 1.29 is 129 Å². The number of hydrogen-bond donors (Lipinski definition) is 15. The molecule has 85 heavy (non-hydrogen) atoms. The maximum absolute atomic E-state index is 15.2. The molecule has 0 aromatic heterocycles. The number of hydrogen-bond acceptors (Lipinski definition) is 26. The number of carbonyl (C=O) groups excluding carboxylic acids is 1. The van der Waals surface area contributed by atoms with E-state index in [0.29, 0.717) is 38.5 Å². The van der Waals surface area contributed by atoms with E-state index in [0.717, 1.165) is 25.7 Å². The first-order valence-corrected chi connectivity index (χ1v) is 30.6. The van der Waals surface area contributed by atoms with Crippen LogP contribution in [0.1, 0.15) is 120 Å². The van der Waals surface area contributed by atoms with Gasteiger partial charge in [0.25, 0.3) is 0 Å². The molecule has 5 aliphatic heterocycles. The minimum atomic E-state index is -1.89. The molecule has 10 rings (SSSR count). The highest BCUT2D eigenvalue weighted by atomic mass is 16.8. The Hall–Kier alpha value is -1.75. The second-order valence-corrected chi connectivity index (χ2v) is 28.7. The molecule has 0 bridgehead atoms. The normalized spacial score (nSPS) is 54.1. The molecular formula is C59H96O26. The highest BCUT2D eigenvalue weighted by molar-refractivity contribution is 5.79. The Bertz CT molecular complexity index is 2360. The Morgan fingerprint density at radius 1 is 0.553 bits per heavy atom. The molecule has 5 heterocycles. The molecule has 0 spiro atoms. The van der Waals surface area contributed by atoms with Crippen LogP contribution in [0.5, 0.6) is 0 Å². The molecule has 15 N–H and O–H groups in total. The summed E-state index contributed by atoms with van der Waals surface area (Å²) in [5.74, 6) is -0.482. The van der Waals surface area contributed by atoms with Crippen LogP contribution in [0.4, 0.5) is 0 Å². The second-order valence-electron chi connectivity index (χ2n) is 28.7. The average Bonchev–Trinajstić information content (AvgIpc) is 0.725. The molecule has 0 aromatic rings. The van der Waals surface area contributed by atoms with Crippen molar-refractivity contribution >= 4 is 5.97 Å². The smallest absolute Gasteiger partial charge is 0.315 e. The van der Waals surface area contributed by atoms with Crippen molar-refractivity contribution in [2.45, 2.75) is 273 Å². The molecule has 4 unspecified atom stereocenters. The minimum absolute atomic E-state index is 0.156. The number of fused-ring (bicyclic) bond motifs is 7. The molecule has 5 aliphatic carbocycles. The van der Waals surface area contributed by atoms with Gasteiger partial charge < -0.3 is 124 Å². The lowest BCUT2D eigenvalue weighted by Gasteiger charge is -2.71. The summed E-state index contributed by atoms with van der Waals surface area (Å²) in [6.45, 7) is 15.0. The number of esters is 1. The maximum atomic E-state index is 15.2. The van der Waals surface area contributed by atoms with Gasteiger partial charge in [0, 0.05) is 0 Å². The predicted octanol–water partition coefficient (Wildman–Crippen LogP) is -2.54. The van der Waals surface area contributed by atoms with Gasteiger partial charge in [-0.1, -0.05) is 60.1 Å². The second kappa shape index (κ2) is 24.4. The lowest BCUT2D eigenvalue weighted by molar-refractivity contribution is -0.361. The zero-order valence-electron chi connectivity index (χ0n) is 49.8. The number of carbonyl (C=O) groups is 1. The molecule has 4 saturated carbocycles. The predicted molar refractivity (Wildman–Crippen MR) is 288 cm³/mol. The van der Waals surface area contributed by atoms with Crippen LogP contribution < -0.4 is 0 Å². The first-order chi connectivity index (χ1) is 39.8. The van der Waals surface area contributed by atoms with Gasteiger partial charge in [-0.25, -0.2) is 0 Å². The van der Waals surface area contributed by atoms with E-state index in [4.69, 9.17) is 47.4 Å². The Kier molecular flexibility index (Phi) is 19.0. The van der Waals surface area contributed by atoms with Gasteiger partial charge in [0.05, 0.1) is 44.1 Å². The monoisotopic (exact) mass is 1220 g/mol. The highest BCUT2D eigenvalue weighted by Gasteiger charge is 2.70. The van der Waals surface area contributed by atoms with E-state index in [1.165, 1.54) is 12.5 Å². The van der Waals surface area contributed by atoms with Crippen molar-refractivity contribution in [3.63, 3.8) is 0 Å². The third-order valence-corrected chi connectivity index (χ3v) is 23.1. The summed E-state index contributed by atoms with van der Waals surface area (Å²) in [4.78, 5) is 15.2. The SMILES string of the molecule is C[C@@H]1O[C@@H](O[C@H]2[C@H](O)[C@@H](O)[C@H](OC[C@H]3O[C@@H](OC(=O)[C@]45CCC(C)(C)CC4C4=CCC6[C@@]7(C)CC[C@H](O[C@@H]8OC[C@@H](O)[C@H](O[C@@H]9O[C@H](CO)[C@@H](O)[C@H](O)[C@H]9O)[C@H]8O)C(C)(C)C7CC[C@@]6(C)C4(C)CC5)[C@H](O)[C@@H](O)[C@@H]3O)O[C@@H]2CO)[C@H](O)[C@H](O)[C@@H]1O. The van der Waals surface area contributed by atoms with Gasteiger partial charge in [-0.2, -0.15) is 0 Å². The van der Waals surface area contributed by atoms with Crippen molar-refractivity contribution in [2.24, 2.45) is 50.2 Å². The summed E-state index contributed by atoms with van der Waals surface area (Å²) < 4.78 is 59.0. The standard InChI is InChI=1S/C59H96O26/c1-24-34(63)37(66)41(70)50(78-24)84-47-29(21-61)80-48(44(73)40(47)69)77-23-30-36(65)39(68)43(72)52(81-30)85-53(75)59-17-15-54(2,3)19-26(59)25-9-10-32-56(6)13-12-33(55(4,5)31(56)11-14-58(32,8)57(25,7)16-18-59)82-49-45(74)46(27(62)22-76-49)83-51-42(71)38(67)35(64)28(20-60)79-51/h9,24,26-52,60-74H,10-23H2,1-8H3/t24-,26?,27+,28+,29+,30+,31?,32?,33-,34+,35+,36+,37+,38-,39-,40+,41+,42+,43+,44+,45+,46-,47+,48+,49-,50-,51-,52-,56-,57?,58+,59-/m0/s1. The van der Waals surface area contributed by atoms with Gasteiger partial charge in [-0.15, -0.1) is 0 Å². The Balaban J connectivity index is 0.812. The van der Waals surface area contributed by atoms with Crippen molar-refractivity contribution in [3.05, 3.63) is 11.6 Å². The Morgan fingerprint density at radius 3 is 1.80 bits per heavy atom. The molecule has 0 aromatic carbocycles. The summed E-state index contributed by atoms with van der Waals surface area (Å²) in [6.07, 6.45) is -29.3. The van der Waals surface area contributed by atoms with Gasteiger partial charge >= 0.3 is 5.97 Å². The summed E-state index contributed by atoms with van der Waals surface area (Å²) in [7, 11) is 0. The summed E-state index contributed by atoms with van der Waals surface area (Å²) in [5.41, 5.74) is -1.17. The molecule has 26 heteroatoms. The van der Waals surface area contributed by atoms with Gasteiger partial charge in [0.1, 0.15) is 110 Å². The molecule has 0 amide bonds. The summed E-state index contributed by atoms with van der Waals surface area (Å²) in [6, 6.07) is 0. The molecule has 488 valence electrons. The molecule has 9 fully saturated rings. The zero-order valence-corrected chi connectivity index (χ0v) is 49.8. The molecule has 26 nitrogen and oxygen atoms in total. The quantitative estimate of drug-likeness (QED) is 0.0513. The topological polar surface area (TPSA) is 413 Å².